The molecule has 1 aromatic carbocycles. The van der Waals surface area contributed by atoms with Crippen LogP contribution in [-0.4, -0.2) is 30.4 Å². The van der Waals surface area contributed by atoms with Gasteiger partial charge in [-0.15, -0.1) is 0 Å². The second-order valence-corrected chi connectivity index (χ2v) is 8.43. The van der Waals surface area contributed by atoms with Gasteiger partial charge in [-0.2, -0.15) is 4.98 Å². The Bertz CT molecular complexity index is 1230. The van der Waals surface area contributed by atoms with Crippen molar-refractivity contribution in [2.45, 2.75) is 45.1 Å². The van der Waals surface area contributed by atoms with E-state index in [2.05, 4.69) is 27.2 Å². The number of nitrogens with one attached hydrogen (secondary N) is 1. The third-order valence-corrected chi connectivity index (χ3v) is 6.25. The summed E-state index contributed by atoms with van der Waals surface area (Å²) in [7, 11) is 0. The summed E-state index contributed by atoms with van der Waals surface area (Å²) in [6, 6.07) is 10.1. The molecule has 3 heterocycles. The van der Waals surface area contributed by atoms with Crippen molar-refractivity contribution < 1.29 is 4.39 Å². The van der Waals surface area contributed by atoms with Crippen LogP contribution in [0, 0.1) is 11.7 Å². The largest absolute Gasteiger partial charge is 0.384 e. The zero-order chi connectivity index (χ0) is 22.1. The smallest absolute Gasteiger partial charge is 0.236 e. The molecule has 1 unspecified atom stereocenters. The summed E-state index contributed by atoms with van der Waals surface area (Å²) in [5.41, 5.74) is 8.78. The number of aromatic nitrogens is 5. The summed E-state index contributed by atoms with van der Waals surface area (Å²) in [6.07, 6.45) is 9.96. The van der Waals surface area contributed by atoms with Gasteiger partial charge >= 0.3 is 0 Å². The highest BCUT2D eigenvalue weighted by atomic mass is 19.1. The van der Waals surface area contributed by atoms with Crippen molar-refractivity contribution in [3.05, 3.63) is 54.6 Å². The lowest BCUT2D eigenvalue weighted by Gasteiger charge is -2.28. The van der Waals surface area contributed by atoms with E-state index in [-0.39, 0.29) is 5.82 Å². The van der Waals surface area contributed by atoms with Gasteiger partial charge in [0.1, 0.15) is 23.0 Å². The molecule has 0 aliphatic heterocycles. The van der Waals surface area contributed by atoms with E-state index in [4.69, 9.17) is 10.7 Å². The SMILES string of the molecule is CC(Nc1nccc(-c2c(-c3ccc(F)cc3)nc3nc(N)ccn23)n1)C1CCCCC1. The number of nitrogens with two attached hydrogens (primary N) is 1. The van der Waals surface area contributed by atoms with Gasteiger partial charge in [0.05, 0.1) is 5.69 Å². The van der Waals surface area contributed by atoms with Crippen molar-refractivity contribution >= 4 is 17.5 Å². The lowest BCUT2D eigenvalue weighted by atomic mass is 9.85. The molecule has 0 bridgehead atoms. The summed E-state index contributed by atoms with van der Waals surface area (Å²) < 4.78 is 15.4. The Kier molecular flexibility index (Phi) is 5.43. The minimum atomic E-state index is -0.299. The van der Waals surface area contributed by atoms with E-state index in [9.17, 15) is 4.39 Å². The van der Waals surface area contributed by atoms with Crippen molar-refractivity contribution in [1.82, 2.24) is 24.3 Å². The molecule has 0 saturated heterocycles. The van der Waals surface area contributed by atoms with Crippen LogP contribution < -0.4 is 11.1 Å². The highest BCUT2D eigenvalue weighted by Gasteiger charge is 2.22. The summed E-state index contributed by atoms with van der Waals surface area (Å²) in [6.45, 7) is 2.21. The lowest BCUT2D eigenvalue weighted by Crippen LogP contribution is -2.28. The molecule has 8 heteroatoms. The lowest BCUT2D eigenvalue weighted by molar-refractivity contribution is 0.327. The Morgan fingerprint density at radius 2 is 1.81 bits per heavy atom. The zero-order valence-electron chi connectivity index (χ0n) is 18.0. The fourth-order valence-electron chi connectivity index (χ4n) is 4.51. The van der Waals surface area contributed by atoms with Gasteiger partial charge in [0.15, 0.2) is 0 Å². The number of imidazole rings is 1. The summed E-state index contributed by atoms with van der Waals surface area (Å²) in [4.78, 5) is 18.3. The van der Waals surface area contributed by atoms with Crippen molar-refractivity contribution in [3.8, 4) is 22.6 Å². The van der Waals surface area contributed by atoms with Gasteiger partial charge < -0.3 is 11.1 Å². The number of hydrogen-bond donors (Lipinski definition) is 2. The molecule has 7 nitrogen and oxygen atoms in total. The van der Waals surface area contributed by atoms with Crippen LogP contribution in [-0.2, 0) is 0 Å². The van der Waals surface area contributed by atoms with E-state index >= 15 is 0 Å². The topological polar surface area (TPSA) is 94.0 Å². The molecule has 1 fully saturated rings. The number of benzene rings is 1. The van der Waals surface area contributed by atoms with Crippen LogP contribution >= 0.6 is 0 Å². The molecule has 3 aromatic heterocycles. The first-order chi connectivity index (χ1) is 15.6. The average Bonchev–Trinajstić information content (AvgIpc) is 3.19. The van der Waals surface area contributed by atoms with Gasteiger partial charge in [0.2, 0.25) is 11.7 Å². The molecule has 3 N–H and O–H groups in total. The Balaban J connectivity index is 1.56. The third-order valence-electron chi connectivity index (χ3n) is 6.25. The second kappa shape index (κ2) is 8.53. The maximum atomic E-state index is 13.5. The third kappa shape index (κ3) is 4.00. The van der Waals surface area contributed by atoms with E-state index in [0.717, 1.165) is 11.3 Å². The zero-order valence-corrected chi connectivity index (χ0v) is 18.0. The van der Waals surface area contributed by atoms with Gasteiger partial charge in [-0.05, 0) is 62.1 Å². The minimum absolute atomic E-state index is 0.297. The molecular formula is C24H26FN7. The number of nitrogens with zero attached hydrogens (tertiary/aromatic N) is 5. The average molecular weight is 432 g/mol. The highest BCUT2D eigenvalue weighted by molar-refractivity contribution is 5.80. The predicted octanol–water partition coefficient (Wildman–Crippen LogP) is 4.96. The Morgan fingerprint density at radius 3 is 2.59 bits per heavy atom. The van der Waals surface area contributed by atoms with Crippen molar-refractivity contribution in [3.63, 3.8) is 0 Å². The Hall–Kier alpha value is -3.55. The second-order valence-electron chi connectivity index (χ2n) is 8.43. The van der Waals surface area contributed by atoms with Gasteiger partial charge in [-0.25, -0.2) is 19.3 Å². The molecule has 0 radical (unpaired) electrons. The van der Waals surface area contributed by atoms with E-state index in [1.54, 1.807) is 24.4 Å². The van der Waals surface area contributed by atoms with E-state index in [1.807, 2.05) is 16.7 Å². The quantitative estimate of drug-likeness (QED) is 0.464. The number of rotatable bonds is 5. The molecular weight excluding hydrogens is 405 g/mol. The standard InChI is InChI=1S/C24H26FN7/c1-15(16-5-3-2-4-6-16)28-23-27-13-11-19(29-23)22-21(17-7-9-18(25)10-8-17)31-24-30-20(26)12-14-32(22)24/h7-16H,2-6H2,1H3,(H2,26,30,31)(H,27,28,29). The van der Waals surface area contributed by atoms with Crippen LogP contribution in [0.3, 0.4) is 0 Å². The Morgan fingerprint density at radius 1 is 1.03 bits per heavy atom. The minimum Gasteiger partial charge on any atom is -0.384 e. The van der Waals surface area contributed by atoms with Crippen molar-refractivity contribution in [2.24, 2.45) is 5.92 Å². The number of fused-ring (bicyclic) bond motifs is 1. The number of nitrogen functional groups attached to an aromatic ring is 1. The Labute approximate surface area is 186 Å². The maximum Gasteiger partial charge on any atom is 0.236 e. The molecule has 0 spiro atoms. The highest BCUT2D eigenvalue weighted by Crippen LogP contribution is 2.32. The molecule has 1 saturated carbocycles. The first-order valence-corrected chi connectivity index (χ1v) is 11.1. The number of anilines is 2. The molecule has 5 rings (SSSR count). The van der Waals surface area contributed by atoms with E-state index in [0.29, 0.717) is 40.9 Å². The molecule has 0 amide bonds. The molecule has 1 aliphatic carbocycles. The van der Waals surface area contributed by atoms with E-state index < -0.39 is 0 Å². The first-order valence-electron chi connectivity index (χ1n) is 11.1. The fraction of sp³-hybridized carbons (Fsp3) is 0.333. The predicted molar refractivity (Wildman–Crippen MR) is 123 cm³/mol. The summed E-state index contributed by atoms with van der Waals surface area (Å²) >= 11 is 0. The van der Waals surface area contributed by atoms with Crippen LogP contribution in [0.15, 0.2) is 48.8 Å². The van der Waals surface area contributed by atoms with Gasteiger partial charge in [0, 0.05) is 24.0 Å². The van der Waals surface area contributed by atoms with E-state index in [1.165, 1.54) is 44.2 Å². The van der Waals surface area contributed by atoms with Crippen molar-refractivity contribution in [1.29, 1.82) is 0 Å². The normalized spacial score (nSPS) is 15.7. The van der Waals surface area contributed by atoms with Crippen LogP contribution in [0.2, 0.25) is 0 Å². The van der Waals surface area contributed by atoms with Gasteiger partial charge in [-0.1, -0.05) is 19.3 Å². The maximum absolute atomic E-state index is 13.5. The number of halogens is 1. The fourth-order valence-corrected chi connectivity index (χ4v) is 4.51. The first kappa shape index (κ1) is 20.4. The molecule has 32 heavy (non-hydrogen) atoms. The molecule has 164 valence electrons. The van der Waals surface area contributed by atoms with Gasteiger partial charge in [0.25, 0.3) is 0 Å². The van der Waals surface area contributed by atoms with Crippen LogP contribution in [0.4, 0.5) is 16.2 Å². The summed E-state index contributed by atoms with van der Waals surface area (Å²) in [5, 5.41) is 3.50. The molecule has 1 atom stereocenters. The van der Waals surface area contributed by atoms with Crippen LogP contribution in [0.5, 0.6) is 0 Å². The van der Waals surface area contributed by atoms with Crippen LogP contribution in [0.25, 0.3) is 28.4 Å². The molecule has 4 aromatic rings. The van der Waals surface area contributed by atoms with Crippen LogP contribution in [0.1, 0.15) is 39.0 Å². The van der Waals surface area contributed by atoms with Crippen molar-refractivity contribution in [2.75, 3.05) is 11.1 Å². The monoisotopic (exact) mass is 431 g/mol. The molecule has 1 aliphatic rings. The number of hydrogen-bond acceptors (Lipinski definition) is 6. The summed E-state index contributed by atoms with van der Waals surface area (Å²) in [5.74, 6) is 1.76. The van der Waals surface area contributed by atoms with Gasteiger partial charge in [-0.3, -0.25) is 4.40 Å².